The quantitative estimate of drug-likeness (QED) is 0.724. The standard InChI is InChI=1S/C14H21BrO/c1-10(2)12(4)16-14(9-15)13-8-6-5-7-11(13)3/h5-8,10,12,14H,9H2,1-4H3. The van der Waals surface area contributed by atoms with E-state index in [1.165, 1.54) is 11.1 Å². The number of alkyl halides is 1. The third kappa shape index (κ3) is 3.60. The molecule has 2 unspecified atom stereocenters. The molecule has 0 radical (unpaired) electrons. The second-order valence-corrected chi connectivity index (χ2v) is 5.23. The Bertz CT molecular complexity index is 322. The Morgan fingerprint density at radius 1 is 1.19 bits per heavy atom. The van der Waals surface area contributed by atoms with E-state index in [-0.39, 0.29) is 12.2 Å². The van der Waals surface area contributed by atoms with E-state index in [9.17, 15) is 0 Å². The monoisotopic (exact) mass is 284 g/mol. The molecule has 0 aliphatic carbocycles. The summed E-state index contributed by atoms with van der Waals surface area (Å²) in [5, 5.41) is 0.842. The first kappa shape index (κ1) is 13.7. The van der Waals surface area contributed by atoms with Crippen molar-refractivity contribution in [2.24, 2.45) is 5.92 Å². The minimum absolute atomic E-state index is 0.151. The van der Waals surface area contributed by atoms with E-state index in [2.05, 4.69) is 67.9 Å². The zero-order chi connectivity index (χ0) is 12.1. The molecule has 90 valence electrons. The molecule has 0 saturated carbocycles. The van der Waals surface area contributed by atoms with E-state index in [0.29, 0.717) is 5.92 Å². The second-order valence-electron chi connectivity index (χ2n) is 4.58. The molecule has 0 aliphatic rings. The van der Waals surface area contributed by atoms with Gasteiger partial charge in [0, 0.05) is 5.33 Å². The summed E-state index contributed by atoms with van der Waals surface area (Å²) < 4.78 is 6.08. The van der Waals surface area contributed by atoms with Gasteiger partial charge in [-0.1, -0.05) is 54.0 Å². The van der Waals surface area contributed by atoms with Crippen LogP contribution in [0.1, 0.15) is 38.0 Å². The van der Waals surface area contributed by atoms with E-state index in [0.717, 1.165) is 5.33 Å². The van der Waals surface area contributed by atoms with E-state index in [1.807, 2.05) is 0 Å². The zero-order valence-corrected chi connectivity index (χ0v) is 12.1. The van der Waals surface area contributed by atoms with Gasteiger partial charge in [-0.2, -0.15) is 0 Å². The SMILES string of the molecule is Cc1ccccc1C(CBr)OC(C)C(C)C. The first-order valence-corrected chi connectivity index (χ1v) is 6.95. The Kier molecular flexibility index (Phi) is 5.50. The second kappa shape index (κ2) is 6.41. The molecule has 0 N–H and O–H groups in total. The highest BCUT2D eigenvalue weighted by molar-refractivity contribution is 9.09. The summed E-state index contributed by atoms with van der Waals surface area (Å²) in [6.07, 6.45) is 0.431. The lowest BCUT2D eigenvalue weighted by Gasteiger charge is -2.24. The van der Waals surface area contributed by atoms with Crippen LogP contribution in [0.15, 0.2) is 24.3 Å². The van der Waals surface area contributed by atoms with Gasteiger partial charge in [-0.15, -0.1) is 0 Å². The largest absolute Gasteiger partial charge is 0.369 e. The van der Waals surface area contributed by atoms with Crippen molar-refractivity contribution in [1.82, 2.24) is 0 Å². The maximum atomic E-state index is 6.08. The van der Waals surface area contributed by atoms with Gasteiger partial charge in [0.1, 0.15) is 0 Å². The average Bonchev–Trinajstić information content (AvgIpc) is 2.26. The summed E-state index contributed by atoms with van der Waals surface area (Å²) in [5.41, 5.74) is 2.58. The fraction of sp³-hybridized carbons (Fsp3) is 0.571. The highest BCUT2D eigenvalue weighted by Gasteiger charge is 2.17. The maximum absolute atomic E-state index is 6.08. The van der Waals surface area contributed by atoms with Gasteiger partial charge in [0.2, 0.25) is 0 Å². The van der Waals surface area contributed by atoms with Gasteiger partial charge in [0.25, 0.3) is 0 Å². The molecule has 1 rings (SSSR count). The minimum Gasteiger partial charge on any atom is -0.369 e. The molecule has 0 spiro atoms. The van der Waals surface area contributed by atoms with Gasteiger partial charge in [-0.3, -0.25) is 0 Å². The van der Waals surface area contributed by atoms with Crippen LogP contribution in [0, 0.1) is 12.8 Å². The van der Waals surface area contributed by atoms with Crippen LogP contribution >= 0.6 is 15.9 Å². The fourth-order valence-electron chi connectivity index (χ4n) is 1.56. The summed E-state index contributed by atoms with van der Waals surface area (Å²) in [7, 11) is 0. The van der Waals surface area contributed by atoms with Crippen molar-refractivity contribution in [3.05, 3.63) is 35.4 Å². The molecule has 0 bridgehead atoms. The van der Waals surface area contributed by atoms with Crippen molar-refractivity contribution >= 4 is 15.9 Å². The Morgan fingerprint density at radius 3 is 2.31 bits per heavy atom. The summed E-state index contributed by atoms with van der Waals surface area (Å²) in [6.45, 7) is 8.65. The minimum atomic E-state index is 0.151. The van der Waals surface area contributed by atoms with Crippen LogP contribution in [0.25, 0.3) is 0 Å². The van der Waals surface area contributed by atoms with Crippen molar-refractivity contribution in [3.8, 4) is 0 Å². The highest BCUT2D eigenvalue weighted by Crippen LogP contribution is 2.26. The molecule has 1 nitrogen and oxygen atoms in total. The first-order valence-electron chi connectivity index (χ1n) is 5.83. The predicted molar refractivity (Wildman–Crippen MR) is 73.1 cm³/mol. The smallest absolute Gasteiger partial charge is 0.0927 e. The summed E-state index contributed by atoms with van der Waals surface area (Å²) >= 11 is 3.54. The Labute approximate surface area is 107 Å². The molecule has 0 aliphatic heterocycles. The summed E-state index contributed by atoms with van der Waals surface area (Å²) in [4.78, 5) is 0. The first-order chi connectivity index (χ1) is 7.56. The van der Waals surface area contributed by atoms with Crippen LogP contribution in [-0.4, -0.2) is 11.4 Å². The number of hydrogen-bond donors (Lipinski definition) is 0. The Balaban J connectivity index is 2.79. The molecule has 1 aromatic rings. The van der Waals surface area contributed by atoms with Gasteiger partial charge in [-0.05, 0) is 30.9 Å². The lowest BCUT2D eigenvalue weighted by molar-refractivity contribution is -0.0144. The van der Waals surface area contributed by atoms with Crippen molar-refractivity contribution in [2.45, 2.75) is 39.9 Å². The van der Waals surface area contributed by atoms with E-state index < -0.39 is 0 Å². The van der Waals surface area contributed by atoms with Crippen molar-refractivity contribution in [1.29, 1.82) is 0 Å². The van der Waals surface area contributed by atoms with Crippen LogP contribution in [0.5, 0.6) is 0 Å². The topological polar surface area (TPSA) is 9.23 Å². The third-order valence-electron chi connectivity index (χ3n) is 2.99. The predicted octanol–water partition coefficient (Wildman–Crippen LogP) is 4.49. The number of ether oxygens (including phenoxy) is 1. The Hall–Kier alpha value is -0.340. The molecular weight excluding hydrogens is 264 g/mol. The number of rotatable bonds is 5. The van der Waals surface area contributed by atoms with Crippen LogP contribution in [0.4, 0.5) is 0 Å². The molecule has 1 aromatic carbocycles. The number of aryl methyl sites for hydroxylation is 1. The van der Waals surface area contributed by atoms with Crippen molar-refractivity contribution in [3.63, 3.8) is 0 Å². The van der Waals surface area contributed by atoms with Gasteiger partial charge < -0.3 is 4.74 Å². The zero-order valence-electron chi connectivity index (χ0n) is 10.5. The highest BCUT2D eigenvalue weighted by atomic mass is 79.9. The number of hydrogen-bond acceptors (Lipinski definition) is 1. The summed E-state index contributed by atoms with van der Waals surface area (Å²) in [6, 6.07) is 8.42. The normalized spacial score (nSPS) is 15.1. The van der Waals surface area contributed by atoms with Crippen LogP contribution < -0.4 is 0 Å². The molecule has 0 fully saturated rings. The van der Waals surface area contributed by atoms with E-state index >= 15 is 0 Å². The molecule has 2 atom stereocenters. The van der Waals surface area contributed by atoms with E-state index in [4.69, 9.17) is 4.74 Å². The maximum Gasteiger partial charge on any atom is 0.0927 e. The van der Waals surface area contributed by atoms with Gasteiger partial charge in [-0.25, -0.2) is 0 Å². The number of halogens is 1. The molecule has 0 heterocycles. The van der Waals surface area contributed by atoms with Gasteiger partial charge >= 0.3 is 0 Å². The van der Waals surface area contributed by atoms with E-state index in [1.54, 1.807) is 0 Å². The molecular formula is C14H21BrO. The fourth-order valence-corrected chi connectivity index (χ4v) is 2.06. The molecule has 0 aromatic heterocycles. The summed E-state index contributed by atoms with van der Waals surface area (Å²) in [5.74, 6) is 0.547. The third-order valence-corrected chi connectivity index (χ3v) is 3.58. The van der Waals surface area contributed by atoms with Gasteiger partial charge in [0.05, 0.1) is 12.2 Å². The molecule has 0 amide bonds. The molecule has 0 saturated heterocycles. The lowest BCUT2D eigenvalue weighted by atomic mass is 10.0. The van der Waals surface area contributed by atoms with Gasteiger partial charge in [0.15, 0.2) is 0 Å². The van der Waals surface area contributed by atoms with Crippen molar-refractivity contribution in [2.75, 3.05) is 5.33 Å². The van der Waals surface area contributed by atoms with Crippen LogP contribution in [0.2, 0.25) is 0 Å². The van der Waals surface area contributed by atoms with Crippen LogP contribution in [-0.2, 0) is 4.74 Å². The van der Waals surface area contributed by atoms with Crippen LogP contribution in [0.3, 0.4) is 0 Å². The van der Waals surface area contributed by atoms with Crippen molar-refractivity contribution < 1.29 is 4.74 Å². The molecule has 16 heavy (non-hydrogen) atoms. The lowest BCUT2D eigenvalue weighted by Crippen LogP contribution is -2.20. The average molecular weight is 285 g/mol. The number of benzene rings is 1. The Morgan fingerprint density at radius 2 is 1.81 bits per heavy atom. The molecule has 2 heteroatoms.